The molecule has 0 rings (SSSR count). The van der Waals surface area contributed by atoms with Gasteiger partial charge in [0.25, 0.3) is 0 Å². The van der Waals surface area contributed by atoms with Gasteiger partial charge in [0.2, 0.25) is 0 Å². The molecule has 0 atom stereocenters. The van der Waals surface area contributed by atoms with E-state index in [1.54, 1.807) is 15.2 Å². The molecule has 0 aliphatic carbocycles. The van der Waals surface area contributed by atoms with Gasteiger partial charge in [0.05, 0.1) is 0 Å². The van der Waals surface area contributed by atoms with Crippen LogP contribution in [0.1, 0.15) is 0 Å². The van der Waals surface area contributed by atoms with Gasteiger partial charge in [-0.25, -0.2) is 0 Å². The van der Waals surface area contributed by atoms with Crippen molar-refractivity contribution < 1.29 is 0 Å². The van der Waals surface area contributed by atoms with Crippen LogP contribution in [0.5, 0.6) is 0 Å². The summed E-state index contributed by atoms with van der Waals surface area (Å²) < 4.78 is 0. The summed E-state index contributed by atoms with van der Waals surface area (Å²) in [5.41, 5.74) is 0. The molecule has 0 bridgehead atoms. The van der Waals surface area contributed by atoms with Crippen molar-refractivity contribution in [3.8, 4) is 0 Å². The van der Waals surface area contributed by atoms with Crippen LogP contribution in [0.3, 0.4) is 0 Å². The fourth-order valence-corrected chi connectivity index (χ4v) is 0.129. The second kappa shape index (κ2) is 3.73. The third kappa shape index (κ3) is 3.73. The van der Waals surface area contributed by atoms with Gasteiger partial charge >= 0.3 is 32.3 Å². The monoisotopic (exact) mass is 68.1 g/mol. The molecule has 26 valence electrons. The first-order valence-corrected chi connectivity index (χ1v) is 1.49. The third-order valence-electron chi connectivity index (χ3n) is 0.258. The predicted molar refractivity (Wildman–Crippen MR) is 25.8 cm³/mol. The Labute approximate surface area is 33.4 Å². The van der Waals surface area contributed by atoms with E-state index in [2.05, 4.69) is 10.0 Å². The van der Waals surface area contributed by atoms with Gasteiger partial charge in [-0.05, 0) is 0 Å². The zero-order valence-corrected chi connectivity index (χ0v) is 3.52. The van der Waals surface area contributed by atoms with Gasteiger partial charge in [0.15, 0.2) is 0 Å². The fraction of sp³-hybridized carbons (Fsp3) is 1.00. The van der Waals surface area contributed by atoms with Crippen LogP contribution in [0, 0.1) is 0 Å². The number of hydrogen-bond donors (Lipinski definition) is 1. The molecule has 0 unspecified atom stereocenters. The molecule has 0 aliphatic heterocycles. The zero-order chi connectivity index (χ0) is 4.12. The molecule has 0 saturated carbocycles. The van der Waals surface area contributed by atoms with Gasteiger partial charge in [-0.3, -0.25) is 0 Å². The molecule has 0 radical (unpaired) electrons. The van der Waals surface area contributed by atoms with Crippen molar-refractivity contribution in [3.63, 3.8) is 0 Å². The summed E-state index contributed by atoms with van der Waals surface area (Å²) in [6, 6.07) is 0. The van der Waals surface area contributed by atoms with Gasteiger partial charge in [-0.15, -0.1) is 0 Å². The van der Waals surface area contributed by atoms with Gasteiger partial charge in [0.1, 0.15) is 0 Å². The summed E-state index contributed by atoms with van der Waals surface area (Å²) in [6.07, 6.45) is 0. The maximum atomic E-state index is 3.62. The Morgan fingerprint density at radius 3 is 2.60 bits per heavy atom. The summed E-state index contributed by atoms with van der Waals surface area (Å²) in [7, 11) is 5.16. The standard InChI is InChI=1S/CH6B2N2/c1-4-3-5-2/h4H,2H2,1H3. The molecule has 5 heavy (non-hydrogen) atoms. The molecule has 0 heterocycles. The number of rotatable bonds is 1. The second-order valence-electron chi connectivity index (χ2n) is 0.676. The van der Waals surface area contributed by atoms with Crippen molar-refractivity contribution in [3.05, 3.63) is 0 Å². The Kier molecular flexibility index (Phi) is 3.53. The van der Waals surface area contributed by atoms with E-state index < -0.39 is 0 Å². The van der Waals surface area contributed by atoms with Crippen LogP contribution in [-0.2, 0) is 0 Å². The predicted octanol–water partition coefficient (Wildman–Crippen LogP) is -1.44. The van der Waals surface area contributed by atoms with Crippen molar-refractivity contribution in [2.75, 3.05) is 7.05 Å². The second-order valence-corrected chi connectivity index (χ2v) is 0.676. The fourth-order valence-electron chi connectivity index (χ4n) is 0.129. The van der Waals surface area contributed by atoms with Gasteiger partial charge < -0.3 is 0 Å². The van der Waals surface area contributed by atoms with E-state index in [4.69, 9.17) is 0 Å². The first-order valence-electron chi connectivity index (χ1n) is 1.49. The van der Waals surface area contributed by atoms with Crippen molar-refractivity contribution in [2.45, 2.75) is 0 Å². The first kappa shape index (κ1) is 4.73. The third-order valence-corrected chi connectivity index (χ3v) is 0.258. The topological polar surface area (TPSA) is 24.4 Å². The minimum atomic E-state index is 1.62. The zero-order valence-electron chi connectivity index (χ0n) is 3.52. The molecule has 0 fully saturated rings. The van der Waals surface area contributed by atoms with Crippen molar-refractivity contribution in [2.24, 2.45) is 4.81 Å². The van der Waals surface area contributed by atoms with E-state index in [9.17, 15) is 0 Å². The SMILES string of the molecule is BN=BNC. The van der Waals surface area contributed by atoms with E-state index in [1.165, 1.54) is 0 Å². The minimum absolute atomic E-state index is 1.62. The molecule has 0 amide bonds. The number of hydrogen-bond acceptors (Lipinski definition) is 1. The Morgan fingerprint density at radius 2 is 2.60 bits per heavy atom. The average molecular weight is 67.7 g/mol. The summed E-state index contributed by atoms with van der Waals surface area (Å²) in [6.45, 7) is 0. The summed E-state index contributed by atoms with van der Waals surface area (Å²) >= 11 is 0. The van der Waals surface area contributed by atoms with E-state index in [0.29, 0.717) is 0 Å². The first-order chi connectivity index (χ1) is 2.41. The molecule has 0 aromatic carbocycles. The molecular formula is CH6B2N2. The summed E-state index contributed by atoms with van der Waals surface area (Å²) in [5.74, 6) is 0. The van der Waals surface area contributed by atoms with Crippen molar-refractivity contribution >= 4 is 15.2 Å². The molecule has 4 heteroatoms. The molecule has 0 spiro atoms. The Balaban J connectivity index is 2.62. The van der Waals surface area contributed by atoms with Crippen LogP contribution in [0.4, 0.5) is 0 Å². The van der Waals surface area contributed by atoms with Gasteiger partial charge in [0, 0.05) is 0 Å². The van der Waals surface area contributed by atoms with E-state index >= 15 is 0 Å². The van der Waals surface area contributed by atoms with Crippen LogP contribution in [-0.4, -0.2) is 22.2 Å². The molecular weight excluding hydrogens is 61.6 g/mol. The molecule has 0 aromatic heterocycles. The molecule has 0 saturated heterocycles. The molecule has 2 nitrogen and oxygen atoms in total. The maximum absolute atomic E-state index is 3.62. The molecule has 0 aliphatic rings. The van der Waals surface area contributed by atoms with Crippen LogP contribution in [0.25, 0.3) is 0 Å². The van der Waals surface area contributed by atoms with Crippen LogP contribution < -0.4 is 5.23 Å². The van der Waals surface area contributed by atoms with Gasteiger partial charge in [-0.2, -0.15) is 0 Å². The molecule has 1 N–H and O–H groups in total. The van der Waals surface area contributed by atoms with Crippen molar-refractivity contribution in [1.29, 1.82) is 0 Å². The quantitative estimate of drug-likeness (QED) is 0.373. The summed E-state index contributed by atoms with van der Waals surface area (Å²) in [4.78, 5) is 3.62. The summed E-state index contributed by atoms with van der Waals surface area (Å²) in [5, 5.41) is 2.73. The Morgan fingerprint density at radius 1 is 2.00 bits per heavy atom. The van der Waals surface area contributed by atoms with E-state index in [1.807, 2.05) is 7.05 Å². The van der Waals surface area contributed by atoms with Crippen LogP contribution in [0.2, 0.25) is 0 Å². The van der Waals surface area contributed by atoms with Crippen LogP contribution in [0.15, 0.2) is 4.81 Å². The normalized spacial score (nSPS) is 7.40. The number of nitrogens with one attached hydrogen (secondary N) is 1. The average Bonchev–Trinajstić information content (AvgIpc) is 1.41. The van der Waals surface area contributed by atoms with Crippen molar-refractivity contribution in [1.82, 2.24) is 5.23 Å². The Bertz CT molecular complexity index is 34.6. The van der Waals surface area contributed by atoms with E-state index in [0.717, 1.165) is 0 Å². The molecule has 0 aromatic rings. The van der Waals surface area contributed by atoms with E-state index in [-0.39, 0.29) is 0 Å². The van der Waals surface area contributed by atoms with Crippen LogP contribution >= 0.6 is 0 Å². The van der Waals surface area contributed by atoms with Gasteiger partial charge in [-0.1, -0.05) is 0 Å². The Hall–Kier alpha value is -0.270. The number of nitrogens with zero attached hydrogens (tertiary/aromatic N) is 1.